The molecular weight excluding hydrogens is 414 g/mol. The fraction of sp³-hybridized carbons (Fsp3) is 0.741. The van der Waals surface area contributed by atoms with Gasteiger partial charge in [0.15, 0.2) is 5.78 Å². The molecule has 0 radical (unpaired) electrons. The summed E-state index contributed by atoms with van der Waals surface area (Å²) in [5.41, 5.74) is 1.61. The van der Waals surface area contributed by atoms with Gasteiger partial charge in [-0.05, 0) is 80.0 Å². The number of carbonyl (C=O) groups is 1. The van der Waals surface area contributed by atoms with Gasteiger partial charge in [-0.2, -0.15) is 10.4 Å². The number of ketones is 1. The van der Waals surface area contributed by atoms with Crippen molar-refractivity contribution in [2.75, 3.05) is 13.7 Å². The normalized spacial score (nSPS) is 42.0. The van der Waals surface area contributed by atoms with Crippen LogP contribution in [0.1, 0.15) is 70.8 Å². The number of hydrogen-bond acceptors (Lipinski definition) is 5. The summed E-state index contributed by atoms with van der Waals surface area (Å²) >= 11 is 0. The van der Waals surface area contributed by atoms with Crippen molar-refractivity contribution in [3.05, 3.63) is 29.6 Å². The summed E-state index contributed by atoms with van der Waals surface area (Å²) in [7, 11) is 1.68. The molecule has 0 aliphatic heterocycles. The Bertz CT molecular complexity index is 1010. The van der Waals surface area contributed by atoms with Crippen LogP contribution in [0.15, 0.2) is 24.0 Å². The van der Waals surface area contributed by atoms with Gasteiger partial charge < -0.3 is 9.84 Å². The van der Waals surface area contributed by atoms with E-state index in [0.29, 0.717) is 29.9 Å². The second-order valence-electron chi connectivity index (χ2n) is 11.8. The van der Waals surface area contributed by atoms with E-state index in [4.69, 9.17) is 10.00 Å². The van der Waals surface area contributed by atoms with Crippen LogP contribution >= 0.6 is 0 Å². The molecule has 3 saturated carbocycles. The molecule has 0 bridgehead atoms. The largest absolute Gasteiger partial charge is 0.387 e. The van der Waals surface area contributed by atoms with Crippen molar-refractivity contribution in [3.63, 3.8) is 0 Å². The van der Waals surface area contributed by atoms with Gasteiger partial charge in [0.05, 0.1) is 30.5 Å². The number of fused-ring (bicyclic) bond motifs is 5. The van der Waals surface area contributed by atoms with Crippen molar-refractivity contribution in [3.8, 4) is 6.07 Å². The summed E-state index contributed by atoms with van der Waals surface area (Å²) in [6, 6.07) is 2.09. The molecule has 0 spiro atoms. The second kappa shape index (κ2) is 8.06. The minimum Gasteiger partial charge on any atom is -0.387 e. The molecule has 1 aromatic heterocycles. The van der Waals surface area contributed by atoms with E-state index in [-0.39, 0.29) is 29.1 Å². The Labute approximate surface area is 197 Å². The van der Waals surface area contributed by atoms with Gasteiger partial charge in [-0.1, -0.05) is 25.5 Å². The fourth-order valence-corrected chi connectivity index (χ4v) is 8.30. The molecule has 4 aliphatic carbocycles. The average molecular weight is 452 g/mol. The maximum absolute atomic E-state index is 13.4. The summed E-state index contributed by atoms with van der Waals surface area (Å²) in [5, 5.41) is 24.3. The Morgan fingerprint density at radius 3 is 2.85 bits per heavy atom. The highest BCUT2D eigenvalue weighted by atomic mass is 16.5. The van der Waals surface area contributed by atoms with Gasteiger partial charge in [-0.3, -0.25) is 9.48 Å². The molecule has 178 valence electrons. The van der Waals surface area contributed by atoms with Gasteiger partial charge >= 0.3 is 0 Å². The van der Waals surface area contributed by atoms with Crippen LogP contribution in [0.3, 0.4) is 0 Å². The Morgan fingerprint density at radius 1 is 1.30 bits per heavy atom. The van der Waals surface area contributed by atoms with E-state index in [1.165, 1.54) is 12.6 Å². The highest BCUT2D eigenvalue weighted by molar-refractivity contribution is 5.82. The number of nitrogens with zero attached hydrogens (tertiary/aromatic N) is 3. The van der Waals surface area contributed by atoms with Crippen LogP contribution in [0.25, 0.3) is 0 Å². The number of allylic oxidation sites excluding steroid dienone is 2. The smallest absolute Gasteiger partial charge is 0.157 e. The number of Topliss-reactive ketones (excluding diaryl/α,β-unsaturated/α-hetero) is 1. The van der Waals surface area contributed by atoms with Crippen LogP contribution in [-0.2, 0) is 16.1 Å². The number of rotatable bonds is 5. The van der Waals surface area contributed by atoms with E-state index in [1.807, 2.05) is 0 Å². The minimum absolute atomic E-state index is 0.00507. The predicted molar refractivity (Wildman–Crippen MR) is 124 cm³/mol. The summed E-state index contributed by atoms with van der Waals surface area (Å²) in [5.74, 6) is 1.93. The first kappa shape index (κ1) is 22.8. The van der Waals surface area contributed by atoms with Gasteiger partial charge in [-0.25, -0.2) is 0 Å². The number of aliphatic hydroxyl groups is 1. The lowest BCUT2D eigenvalue weighted by molar-refractivity contribution is -0.128. The third-order valence-corrected chi connectivity index (χ3v) is 10.1. The molecule has 0 unspecified atom stereocenters. The molecule has 1 aromatic rings. The minimum atomic E-state index is -0.682. The molecule has 1 heterocycles. The van der Waals surface area contributed by atoms with E-state index in [1.54, 1.807) is 23.6 Å². The van der Waals surface area contributed by atoms with Gasteiger partial charge in [-0.15, -0.1) is 0 Å². The van der Waals surface area contributed by atoms with E-state index < -0.39 is 5.60 Å². The summed E-state index contributed by atoms with van der Waals surface area (Å²) < 4.78 is 6.96. The average Bonchev–Trinajstić information content (AvgIpc) is 3.38. The molecule has 6 heteroatoms. The van der Waals surface area contributed by atoms with Crippen LogP contribution in [0.5, 0.6) is 0 Å². The third-order valence-electron chi connectivity index (χ3n) is 10.1. The van der Waals surface area contributed by atoms with Crippen molar-refractivity contribution in [1.29, 1.82) is 5.26 Å². The van der Waals surface area contributed by atoms with Crippen molar-refractivity contribution in [1.82, 2.24) is 9.78 Å². The zero-order valence-corrected chi connectivity index (χ0v) is 20.2. The van der Waals surface area contributed by atoms with Gasteiger partial charge in [0, 0.05) is 19.2 Å². The number of hydrogen-bond donors (Lipinski definition) is 1. The van der Waals surface area contributed by atoms with E-state index in [9.17, 15) is 9.90 Å². The molecule has 0 saturated heterocycles. The lowest BCUT2D eigenvalue weighted by Crippen LogP contribution is -2.52. The predicted octanol–water partition coefficient (Wildman–Crippen LogP) is 4.28. The Morgan fingerprint density at radius 2 is 2.12 bits per heavy atom. The molecule has 1 N–H and O–H groups in total. The molecule has 0 amide bonds. The standard InChI is InChI=1S/C27H37N3O3/c1-25-10-11-27(32,17-33-3)12-19(25)4-5-20-21-6-7-23(26(21,2)9-8-22(20)25)24(31)16-30-15-18(13-28)14-29-30/h8,14-15,19-21,23,32H,4-7,9-12,16-17H2,1-3H3/t19-,20+,21+,23-,25+,26+,27-/m1/s1. The lowest BCUT2D eigenvalue weighted by Gasteiger charge is -2.58. The number of nitriles is 1. The number of ether oxygens (including phenoxy) is 1. The molecule has 7 atom stereocenters. The quantitative estimate of drug-likeness (QED) is 0.675. The van der Waals surface area contributed by atoms with Gasteiger partial charge in [0.2, 0.25) is 0 Å². The molecular formula is C27H37N3O3. The zero-order valence-electron chi connectivity index (χ0n) is 20.2. The van der Waals surface area contributed by atoms with Crippen LogP contribution in [0.2, 0.25) is 0 Å². The first-order valence-electron chi connectivity index (χ1n) is 12.6. The number of aromatic nitrogens is 2. The van der Waals surface area contributed by atoms with Crippen molar-refractivity contribution in [2.24, 2.45) is 34.5 Å². The zero-order chi connectivity index (χ0) is 23.4. The van der Waals surface area contributed by atoms with Crippen molar-refractivity contribution >= 4 is 5.78 Å². The SMILES string of the molecule is COC[C@@]1(O)CC[C@]2(C)C3=CC[C@]4(C)[C@@H](C(=O)Cn5cc(C#N)cn5)CC[C@H]4[C@@H]3CC[C@@H]2C1. The fourth-order valence-electron chi connectivity index (χ4n) is 8.30. The first-order chi connectivity index (χ1) is 15.7. The monoisotopic (exact) mass is 451 g/mol. The van der Waals surface area contributed by atoms with Crippen LogP contribution in [0, 0.1) is 45.8 Å². The highest BCUT2D eigenvalue weighted by Crippen LogP contribution is 2.66. The molecule has 6 nitrogen and oxygen atoms in total. The van der Waals surface area contributed by atoms with E-state index >= 15 is 0 Å². The molecule has 0 aromatic carbocycles. The van der Waals surface area contributed by atoms with Crippen molar-refractivity contribution in [2.45, 2.75) is 77.4 Å². The van der Waals surface area contributed by atoms with E-state index in [0.717, 1.165) is 44.9 Å². The van der Waals surface area contributed by atoms with Crippen LogP contribution < -0.4 is 0 Å². The Balaban J connectivity index is 1.36. The maximum Gasteiger partial charge on any atom is 0.157 e. The van der Waals surface area contributed by atoms with Gasteiger partial charge in [0.25, 0.3) is 0 Å². The van der Waals surface area contributed by atoms with Crippen LogP contribution in [-0.4, -0.2) is 40.0 Å². The van der Waals surface area contributed by atoms with E-state index in [2.05, 4.69) is 31.1 Å². The highest BCUT2D eigenvalue weighted by Gasteiger charge is 2.59. The Kier molecular flexibility index (Phi) is 5.57. The number of carbonyl (C=O) groups excluding carboxylic acids is 1. The number of methoxy groups -OCH3 is 1. The topological polar surface area (TPSA) is 88.1 Å². The molecule has 5 rings (SSSR count). The second-order valence-corrected chi connectivity index (χ2v) is 11.8. The molecule has 3 fully saturated rings. The molecule has 33 heavy (non-hydrogen) atoms. The summed E-state index contributed by atoms with van der Waals surface area (Å²) in [6.45, 7) is 5.47. The molecule has 4 aliphatic rings. The summed E-state index contributed by atoms with van der Waals surface area (Å²) in [4.78, 5) is 13.4. The van der Waals surface area contributed by atoms with Crippen LogP contribution in [0.4, 0.5) is 0 Å². The first-order valence-corrected chi connectivity index (χ1v) is 12.6. The summed E-state index contributed by atoms with van der Waals surface area (Å²) in [6.07, 6.45) is 13.7. The lowest BCUT2D eigenvalue weighted by atomic mass is 9.47. The maximum atomic E-state index is 13.4. The Hall–Kier alpha value is -1.97. The third kappa shape index (κ3) is 3.59. The van der Waals surface area contributed by atoms with Crippen molar-refractivity contribution < 1.29 is 14.6 Å². The van der Waals surface area contributed by atoms with Gasteiger partial charge in [0.1, 0.15) is 6.07 Å².